The van der Waals surface area contributed by atoms with Gasteiger partial charge in [-0.3, -0.25) is 14.4 Å². The fraction of sp³-hybridized carbons (Fsp3) is 0.227. The molecule has 1 saturated heterocycles. The molecular weight excluding hydrogens is 411 g/mol. The predicted molar refractivity (Wildman–Crippen MR) is 109 cm³/mol. The molecule has 6 nitrogen and oxygen atoms in total. The zero-order chi connectivity index (χ0) is 22.8. The van der Waals surface area contributed by atoms with Crippen LogP contribution >= 0.6 is 0 Å². The van der Waals surface area contributed by atoms with E-state index >= 15 is 0 Å². The van der Waals surface area contributed by atoms with Gasteiger partial charge in [0.05, 0.1) is 11.5 Å². The quantitative estimate of drug-likeness (QED) is 0.706. The number of carbonyl (C=O) groups excluding carboxylic acids is 3. The molecule has 3 amide bonds. The minimum absolute atomic E-state index is 0.00688. The maximum Gasteiger partial charge on any atom is 0.416 e. The molecule has 2 aromatic carbocycles. The molecule has 0 aliphatic carbocycles. The van der Waals surface area contributed by atoms with Crippen LogP contribution in [0.1, 0.15) is 21.5 Å². The number of hydrogen-bond acceptors (Lipinski definition) is 3. The van der Waals surface area contributed by atoms with Crippen LogP contribution in [0.2, 0.25) is 0 Å². The first kappa shape index (κ1) is 22.1. The maximum absolute atomic E-state index is 12.9. The first-order valence-electron chi connectivity index (χ1n) is 9.40. The fourth-order valence-corrected chi connectivity index (χ4v) is 3.06. The SMILES string of the molecule is C=CC(=O)N1CC(C(=O)Nc2cc(C(=O)Nc3cccc(C(F)(F)F)c3)ccc2C)C1. The van der Waals surface area contributed by atoms with Crippen molar-refractivity contribution in [2.75, 3.05) is 23.7 Å². The summed E-state index contributed by atoms with van der Waals surface area (Å²) in [6.45, 7) is 5.72. The lowest BCUT2D eigenvalue weighted by Crippen LogP contribution is -2.53. The van der Waals surface area contributed by atoms with Crippen LogP contribution in [-0.2, 0) is 15.8 Å². The average Bonchev–Trinajstić information content (AvgIpc) is 2.67. The molecule has 1 aliphatic rings. The second-order valence-electron chi connectivity index (χ2n) is 7.20. The molecule has 1 heterocycles. The Kier molecular flexibility index (Phi) is 6.14. The number of aryl methyl sites for hydroxylation is 1. The Bertz CT molecular complexity index is 1040. The van der Waals surface area contributed by atoms with Crippen molar-refractivity contribution in [2.24, 2.45) is 5.92 Å². The van der Waals surface area contributed by atoms with Gasteiger partial charge in [-0.25, -0.2) is 0 Å². The molecule has 0 spiro atoms. The zero-order valence-corrected chi connectivity index (χ0v) is 16.6. The number of carbonyl (C=O) groups is 3. The molecular formula is C22H20F3N3O3. The van der Waals surface area contributed by atoms with Crippen molar-refractivity contribution >= 4 is 29.1 Å². The van der Waals surface area contributed by atoms with E-state index in [0.717, 1.165) is 12.1 Å². The smallest absolute Gasteiger partial charge is 0.337 e. The van der Waals surface area contributed by atoms with Gasteiger partial charge < -0.3 is 15.5 Å². The molecule has 0 bridgehead atoms. The average molecular weight is 431 g/mol. The first-order valence-corrected chi connectivity index (χ1v) is 9.40. The lowest BCUT2D eigenvalue weighted by molar-refractivity contribution is -0.138. The Morgan fingerprint density at radius 3 is 2.45 bits per heavy atom. The van der Waals surface area contributed by atoms with Crippen LogP contribution in [-0.4, -0.2) is 35.7 Å². The van der Waals surface area contributed by atoms with Crippen molar-refractivity contribution in [1.29, 1.82) is 0 Å². The number of hydrogen-bond donors (Lipinski definition) is 2. The highest BCUT2D eigenvalue weighted by atomic mass is 19.4. The normalized spacial score (nSPS) is 13.9. The monoisotopic (exact) mass is 431 g/mol. The van der Waals surface area contributed by atoms with Gasteiger partial charge in [0.15, 0.2) is 0 Å². The Balaban J connectivity index is 1.68. The largest absolute Gasteiger partial charge is 0.416 e. The highest BCUT2D eigenvalue weighted by Crippen LogP contribution is 2.31. The number of halogens is 3. The standard InChI is InChI=1S/C22H20F3N3O3/c1-3-19(29)28-11-15(12-28)21(31)27-18-9-14(8-7-13(18)2)20(30)26-17-6-4-5-16(10-17)22(23,24)25/h3-10,15H,1,11-12H2,2H3,(H,26,30)(H,27,31). The summed E-state index contributed by atoms with van der Waals surface area (Å²) in [5.74, 6) is -1.51. The van der Waals surface area contributed by atoms with Crippen molar-refractivity contribution in [1.82, 2.24) is 4.90 Å². The van der Waals surface area contributed by atoms with E-state index < -0.39 is 17.6 Å². The molecule has 9 heteroatoms. The van der Waals surface area contributed by atoms with E-state index in [1.165, 1.54) is 35.2 Å². The number of likely N-dealkylation sites (tertiary alicyclic amines) is 1. The number of alkyl halides is 3. The summed E-state index contributed by atoms with van der Waals surface area (Å²) in [5, 5.41) is 5.18. The molecule has 0 aromatic heterocycles. The van der Waals surface area contributed by atoms with Gasteiger partial charge in [-0.1, -0.05) is 18.7 Å². The van der Waals surface area contributed by atoms with Crippen LogP contribution in [0.3, 0.4) is 0 Å². The third kappa shape index (κ3) is 5.11. The summed E-state index contributed by atoms with van der Waals surface area (Å²) >= 11 is 0. The van der Waals surface area contributed by atoms with Gasteiger partial charge in [0, 0.05) is 30.0 Å². The number of nitrogens with zero attached hydrogens (tertiary/aromatic N) is 1. The van der Waals surface area contributed by atoms with E-state index in [4.69, 9.17) is 0 Å². The molecule has 2 N–H and O–H groups in total. The molecule has 162 valence electrons. The molecule has 3 rings (SSSR count). The second kappa shape index (κ2) is 8.63. The van der Waals surface area contributed by atoms with Crippen molar-refractivity contribution in [3.05, 3.63) is 71.8 Å². The predicted octanol–water partition coefficient (Wildman–Crippen LogP) is 3.85. The third-order valence-corrected chi connectivity index (χ3v) is 4.94. The van der Waals surface area contributed by atoms with Crippen molar-refractivity contribution in [3.63, 3.8) is 0 Å². The minimum atomic E-state index is -4.52. The van der Waals surface area contributed by atoms with Crippen molar-refractivity contribution < 1.29 is 27.6 Å². The van der Waals surface area contributed by atoms with Gasteiger partial charge in [0.1, 0.15) is 0 Å². The molecule has 1 aliphatic heterocycles. The van der Waals surface area contributed by atoms with Gasteiger partial charge in [0.2, 0.25) is 11.8 Å². The molecule has 31 heavy (non-hydrogen) atoms. The Labute approximate surface area is 176 Å². The Morgan fingerprint density at radius 1 is 1.10 bits per heavy atom. The Morgan fingerprint density at radius 2 is 1.81 bits per heavy atom. The van der Waals surface area contributed by atoms with Crippen LogP contribution in [0, 0.1) is 12.8 Å². The summed E-state index contributed by atoms with van der Waals surface area (Å²) in [7, 11) is 0. The molecule has 0 radical (unpaired) electrons. The van der Waals surface area contributed by atoms with Crippen LogP contribution in [0.4, 0.5) is 24.5 Å². The number of nitrogens with one attached hydrogen (secondary N) is 2. The van der Waals surface area contributed by atoms with Crippen LogP contribution in [0.25, 0.3) is 0 Å². The van der Waals surface area contributed by atoms with Crippen LogP contribution in [0.5, 0.6) is 0 Å². The highest BCUT2D eigenvalue weighted by molar-refractivity contribution is 6.06. The summed E-state index contributed by atoms with van der Waals surface area (Å²) in [4.78, 5) is 37.9. The van der Waals surface area contributed by atoms with Crippen molar-refractivity contribution in [2.45, 2.75) is 13.1 Å². The minimum Gasteiger partial charge on any atom is -0.337 e. The number of amides is 3. The Hall–Kier alpha value is -3.62. The number of rotatable bonds is 5. The van der Waals surface area contributed by atoms with E-state index in [-0.39, 0.29) is 42.1 Å². The fourth-order valence-electron chi connectivity index (χ4n) is 3.06. The van der Waals surface area contributed by atoms with E-state index in [1.807, 2.05) is 0 Å². The van der Waals surface area contributed by atoms with Crippen LogP contribution < -0.4 is 10.6 Å². The number of anilines is 2. The molecule has 1 fully saturated rings. The van der Waals surface area contributed by atoms with E-state index in [2.05, 4.69) is 17.2 Å². The van der Waals surface area contributed by atoms with E-state index in [1.54, 1.807) is 13.0 Å². The lowest BCUT2D eigenvalue weighted by atomic mass is 9.98. The van der Waals surface area contributed by atoms with E-state index in [0.29, 0.717) is 11.3 Å². The van der Waals surface area contributed by atoms with Gasteiger partial charge in [-0.15, -0.1) is 0 Å². The molecule has 0 saturated carbocycles. The highest BCUT2D eigenvalue weighted by Gasteiger charge is 2.35. The first-order chi connectivity index (χ1) is 14.6. The summed E-state index contributed by atoms with van der Waals surface area (Å²) in [6.07, 6.45) is -3.33. The molecule has 0 atom stereocenters. The van der Waals surface area contributed by atoms with Crippen molar-refractivity contribution in [3.8, 4) is 0 Å². The molecule has 2 aromatic rings. The summed E-state index contributed by atoms with van der Waals surface area (Å²) in [5.41, 5.74) is 0.437. The topological polar surface area (TPSA) is 78.5 Å². The van der Waals surface area contributed by atoms with E-state index in [9.17, 15) is 27.6 Å². The van der Waals surface area contributed by atoms with Crippen LogP contribution in [0.15, 0.2) is 55.1 Å². The van der Waals surface area contributed by atoms with Gasteiger partial charge in [-0.2, -0.15) is 13.2 Å². The summed E-state index contributed by atoms with van der Waals surface area (Å²) < 4.78 is 38.6. The zero-order valence-electron chi connectivity index (χ0n) is 16.6. The van der Waals surface area contributed by atoms with Gasteiger partial charge >= 0.3 is 6.18 Å². The number of benzene rings is 2. The summed E-state index contributed by atoms with van der Waals surface area (Å²) in [6, 6.07) is 8.93. The molecule has 0 unspecified atom stereocenters. The van der Waals surface area contributed by atoms with Gasteiger partial charge in [0.25, 0.3) is 5.91 Å². The maximum atomic E-state index is 12.9. The van der Waals surface area contributed by atoms with Gasteiger partial charge in [-0.05, 0) is 48.9 Å². The third-order valence-electron chi connectivity index (χ3n) is 4.94. The second-order valence-corrected chi connectivity index (χ2v) is 7.20. The lowest BCUT2D eigenvalue weighted by Gasteiger charge is -2.37.